The predicted octanol–water partition coefficient (Wildman–Crippen LogP) is 1.90. The van der Waals surface area contributed by atoms with Crippen molar-refractivity contribution in [2.24, 2.45) is 21.7 Å². The third-order valence-corrected chi connectivity index (χ3v) is 2.84. The number of non-ortho nitro benzene ring substituents is 1. The van der Waals surface area contributed by atoms with Crippen LogP contribution >= 0.6 is 0 Å². The van der Waals surface area contributed by atoms with Gasteiger partial charge in [-0.05, 0) is 35.9 Å². The molecule has 0 unspecified atom stereocenters. The summed E-state index contributed by atoms with van der Waals surface area (Å²) in [5.41, 5.74) is 10.0. The molecule has 4 N–H and O–H groups in total. The number of guanidine groups is 1. The Balaban J connectivity index is 2.22. The molecule has 25 heavy (non-hydrogen) atoms. The van der Waals surface area contributed by atoms with Crippen LogP contribution in [0.15, 0.2) is 52.7 Å². The summed E-state index contributed by atoms with van der Waals surface area (Å²) in [7, 11) is 0. The molecule has 0 atom stereocenters. The fraction of sp³-hybridized carbons (Fsp3) is 0. The molecular weight excluding hydrogens is 332 g/mol. The van der Waals surface area contributed by atoms with Crippen LogP contribution in [0.3, 0.4) is 0 Å². The van der Waals surface area contributed by atoms with Gasteiger partial charge in [0.2, 0.25) is 11.7 Å². The van der Waals surface area contributed by atoms with Gasteiger partial charge in [0, 0.05) is 6.07 Å². The molecule has 128 valence electrons. The van der Waals surface area contributed by atoms with Crippen molar-refractivity contribution in [2.45, 2.75) is 0 Å². The molecule has 0 aliphatic rings. The van der Waals surface area contributed by atoms with Gasteiger partial charge in [-0.25, -0.2) is 0 Å². The molecule has 0 aliphatic carbocycles. The lowest BCUT2D eigenvalue weighted by molar-refractivity contribution is -0.394. The van der Waals surface area contributed by atoms with Crippen molar-refractivity contribution in [3.63, 3.8) is 0 Å². The van der Waals surface area contributed by atoms with Crippen LogP contribution in [0.2, 0.25) is 0 Å². The minimum absolute atomic E-state index is 0.113. The number of hydrogen-bond acceptors (Lipinski definition) is 7. The molecule has 0 bridgehead atoms. The Hall–Kier alpha value is -4.02. The second-order valence-corrected chi connectivity index (χ2v) is 4.61. The number of nitrogens with two attached hydrogens (primary N) is 2. The highest BCUT2D eigenvalue weighted by Gasteiger charge is 2.21. The zero-order chi connectivity index (χ0) is 18.4. The maximum atomic E-state index is 11.1. The number of hydrogen-bond donors (Lipinski definition) is 2. The van der Waals surface area contributed by atoms with Crippen molar-refractivity contribution in [3.05, 3.63) is 68.3 Å². The second kappa shape index (κ2) is 7.50. The largest absolute Gasteiger partial charge is 0.450 e. The van der Waals surface area contributed by atoms with Crippen molar-refractivity contribution in [3.8, 4) is 11.5 Å². The van der Waals surface area contributed by atoms with Gasteiger partial charge in [0.05, 0.1) is 22.1 Å². The van der Waals surface area contributed by atoms with E-state index in [2.05, 4.69) is 10.2 Å². The molecule has 0 radical (unpaired) electrons. The topological polar surface area (TPSA) is 172 Å². The molecule has 11 nitrogen and oxygen atoms in total. The fourth-order valence-electron chi connectivity index (χ4n) is 1.76. The molecule has 0 aliphatic heterocycles. The Labute approximate surface area is 140 Å². The number of nitro groups is 2. The summed E-state index contributed by atoms with van der Waals surface area (Å²) in [6, 6.07) is 9.47. The maximum Gasteiger partial charge on any atom is 0.318 e. The van der Waals surface area contributed by atoms with Gasteiger partial charge in [-0.15, -0.1) is 5.10 Å². The van der Waals surface area contributed by atoms with Gasteiger partial charge in [-0.2, -0.15) is 5.10 Å². The number of rotatable bonds is 6. The molecule has 2 aromatic carbocycles. The normalized spacial score (nSPS) is 10.4. The van der Waals surface area contributed by atoms with Gasteiger partial charge in [0.15, 0.2) is 0 Å². The summed E-state index contributed by atoms with van der Waals surface area (Å²) in [4.78, 5) is 20.3. The quantitative estimate of drug-likeness (QED) is 0.348. The van der Waals surface area contributed by atoms with Gasteiger partial charge >= 0.3 is 5.69 Å². The summed E-state index contributed by atoms with van der Waals surface area (Å²) < 4.78 is 5.43. The van der Waals surface area contributed by atoms with E-state index in [-0.39, 0.29) is 11.7 Å². The maximum absolute atomic E-state index is 11.1. The predicted molar refractivity (Wildman–Crippen MR) is 89.7 cm³/mol. The summed E-state index contributed by atoms with van der Waals surface area (Å²) in [5.74, 6) is 0.00940. The van der Waals surface area contributed by atoms with Crippen LogP contribution in [0.1, 0.15) is 5.56 Å². The van der Waals surface area contributed by atoms with E-state index >= 15 is 0 Å². The van der Waals surface area contributed by atoms with Gasteiger partial charge in [-0.3, -0.25) is 20.2 Å². The van der Waals surface area contributed by atoms with E-state index in [1.807, 2.05) is 0 Å². The molecule has 0 saturated heterocycles. The average Bonchev–Trinajstić information content (AvgIpc) is 2.56. The Morgan fingerprint density at radius 1 is 1.04 bits per heavy atom. The zero-order valence-electron chi connectivity index (χ0n) is 12.6. The molecular formula is C14H12N6O5. The molecule has 0 amide bonds. The van der Waals surface area contributed by atoms with Crippen LogP contribution in [0, 0.1) is 20.2 Å². The highest BCUT2D eigenvalue weighted by Crippen LogP contribution is 2.34. The molecule has 2 aromatic rings. The van der Waals surface area contributed by atoms with Gasteiger partial charge in [0.25, 0.3) is 5.69 Å². The van der Waals surface area contributed by atoms with Gasteiger partial charge in [0.1, 0.15) is 5.75 Å². The first-order valence-electron chi connectivity index (χ1n) is 6.69. The van der Waals surface area contributed by atoms with Crippen molar-refractivity contribution in [1.29, 1.82) is 0 Å². The minimum atomic E-state index is -0.751. The summed E-state index contributed by atoms with van der Waals surface area (Å²) in [6.45, 7) is 0. The Morgan fingerprint density at radius 3 is 2.28 bits per heavy atom. The van der Waals surface area contributed by atoms with Gasteiger partial charge < -0.3 is 16.2 Å². The standard InChI is InChI=1S/C14H12N6O5/c15-14(16)18-17-8-9-1-4-11(5-2-9)25-13-6-3-10(19(21)22)7-12(13)20(23)24/h1-8H,(H4,15,16,18). The Morgan fingerprint density at radius 2 is 1.72 bits per heavy atom. The first-order valence-corrected chi connectivity index (χ1v) is 6.69. The van der Waals surface area contributed by atoms with Crippen LogP contribution < -0.4 is 16.2 Å². The SMILES string of the molecule is NC(N)=NN=Cc1ccc(Oc2ccc([N+](=O)[O-])cc2[N+](=O)[O-])cc1. The lowest BCUT2D eigenvalue weighted by Gasteiger charge is -2.06. The number of nitrogens with zero attached hydrogens (tertiary/aromatic N) is 4. The third-order valence-electron chi connectivity index (χ3n) is 2.84. The summed E-state index contributed by atoms with van der Waals surface area (Å²) >= 11 is 0. The van der Waals surface area contributed by atoms with E-state index in [0.717, 1.165) is 12.1 Å². The molecule has 0 fully saturated rings. The van der Waals surface area contributed by atoms with Crippen LogP contribution in [0.4, 0.5) is 11.4 Å². The minimum Gasteiger partial charge on any atom is -0.450 e. The highest BCUT2D eigenvalue weighted by atomic mass is 16.6. The smallest absolute Gasteiger partial charge is 0.318 e. The van der Waals surface area contributed by atoms with E-state index in [4.69, 9.17) is 16.2 Å². The fourth-order valence-corrected chi connectivity index (χ4v) is 1.76. The molecule has 11 heteroatoms. The number of benzene rings is 2. The monoisotopic (exact) mass is 344 g/mol. The van der Waals surface area contributed by atoms with Crippen molar-refractivity contribution in [1.82, 2.24) is 0 Å². The van der Waals surface area contributed by atoms with Gasteiger partial charge in [-0.1, -0.05) is 0 Å². The zero-order valence-corrected chi connectivity index (χ0v) is 12.6. The van der Waals surface area contributed by atoms with Crippen LogP contribution in [0.5, 0.6) is 11.5 Å². The van der Waals surface area contributed by atoms with E-state index in [9.17, 15) is 20.2 Å². The van der Waals surface area contributed by atoms with E-state index in [0.29, 0.717) is 11.3 Å². The molecule has 0 heterocycles. The number of nitro benzene ring substituents is 2. The first kappa shape index (κ1) is 17.3. The molecule has 0 spiro atoms. The van der Waals surface area contributed by atoms with Crippen LogP contribution in [0.25, 0.3) is 0 Å². The van der Waals surface area contributed by atoms with E-state index < -0.39 is 21.2 Å². The first-order chi connectivity index (χ1) is 11.9. The lowest BCUT2D eigenvalue weighted by Crippen LogP contribution is -2.21. The lowest BCUT2D eigenvalue weighted by atomic mass is 10.2. The second-order valence-electron chi connectivity index (χ2n) is 4.61. The molecule has 0 aromatic heterocycles. The van der Waals surface area contributed by atoms with Crippen molar-refractivity contribution in [2.75, 3.05) is 0 Å². The van der Waals surface area contributed by atoms with E-state index in [1.54, 1.807) is 24.3 Å². The van der Waals surface area contributed by atoms with Crippen molar-refractivity contribution >= 4 is 23.5 Å². The Bertz CT molecular complexity index is 859. The summed E-state index contributed by atoms with van der Waals surface area (Å²) in [6.07, 6.45) is 1.40. The van der Waals surface area contributed by atoms with E-state index in [1.165, 1.54) is 12.3 Å². The van der Waals surface area contributed by atoms with Crippen LogP contribution in [-0.2, 0) is 0 Å². The average molecular weight is 344 g/mol. The highest BCUT2D eigenvalue weighted by molar-refractivity contribution is 5.81. The Kier molecular flexibility index (Phi) is 5.20. The van der Waals surface area contributed by atoms with Crippen molar-refractivity contribution < 1.29 is 14.6 Å². The molecule has 2 rings (SSSR count). The third kappa shape index (κ3) is 4.72. The molecule has 0 saturated carbocycles. The number of ether oxygens (including phenoxy) is 1. The van der Waals surface area contributed by atoms with Crippen LogP contribution in [-0.4, -0.2) is 22.0 Å². The summed E-state index contributed by atoms with van der Waals surface area (Å²) in [5, 5.41) is 28.9.